The van der Waals surface area contributed by atoms with Gasteiger partial charge in [0.1, 0.15) is 6.54 Å². The van der Waals surface area contributed by atoms with Gasteiger partial charge in [0.25, 0.3) is 0 Å². The smallest absolute Gasteiger partial charge is 0.322 e. The summed E-state index contributed by atoms with van der Waals surface area (Å²) in [5, 5.41) is 10.9. The van der Waals surface area contributed by atoms with E-state index in [4.69, 9.17) is 10.8 Å². The number of carboxylic acid groups (broad SMARTS) is 1. The van der Waals surface area contributed by atoms with Crippen molar-refractivity contribution < 1.29 is 14.7 Å². The summed E-state index contributed by atoms with van der Waals surface area (Å²) in [4.78, 5) is 22.1. The number of fused-ring (bicyclic) bond motifs is 2. The molecule has 1 amide bonds. The summed E-state index contributed by atoms with van der Waals surface area (Å²) in [7, 11) is 0. The van der Waals surface area contributed by atoms with Crippen molar-refractivity contribution >= 4 is 11.9 Å². The molecule has 5 nitrogen and oxygen atoms in total. The van der Waals surface area contributed by atoms with Gasteiger partial charge in [-0.05, 0) is 43.1 Å². The van der Waals surface area contributed by atoms with Crippen molar-refractivity contribution in [2.24, 2.45) is 23.0 Å². The number of nitrogens with one attached hydrogen (secondary N) is 1. The molecule has 5 heteroatoms. The van der Waals surface area contributed by atoms with Gasteiger partial charge in [-0.3, -0.25) is 9.59 Å². The number of hydrogen-bond acceptors (Lipinski definition) is 3. The van der Waals surface area contributed by atoms with Crippen LogP contribution in [0.1, 0.15) is 32.1 Å². The summed E-state index contributed by atoms with van der Waals surface area (Å²) in [5.74, 6) is 0.113. The zero-order valence-electron chi connectivity index (χ0n) is 9.95. The fraction of sp³-hybridized carbons (Fsp3) is 0.833. The lowest BCUT2D eigenvalue weighted by atomic mass is 9.70. The third-order valence-electron chi connectivity index (χ3n) is 4.46. The van der Waals surface area contributed by atoms with Gasteiger partial charge in [-0.15, -0.1) is 0 Å². The minimum atomic E-state index is -1.01. The number of carbonyl (C=O) groups is 2. The summed E-state index contributed by atoms with van der Waals surface area (Å²) in [5.41, 5.74) is 5.80. The summed E-state index contributed by atoms with van der Waals surface area (Å²) in [6, 6.07) is 0. The van der Waals surface area contributed by atoms with Crippen LogP contribution < -0.4 is 11.1 Å². The molecule has 2 fully saturated rings. The van der Waals surface area contributed by atoms with E-state index in [9.17, 15) is 9.59 Å². The van der Waals surface area contributed by atoms with Crippen LogP contribution >= 0.6 is 0 Å². The molecule has 2 rings (SSSR count). The Morgan fingerprint density at radius 1 is 1.41 bits per heavy atom. The van der Waals surface area contributed by atoms with E-state index in [1.807, 2.05) is 0 Å². The maximum absolute atomic E-state index is 11.7. The second-order valence-electron chi connectivity index (χ2n) is 5.49. The van der Waals surface area contributed by atoms with Gasteiger partial charge in [0.15, 0.2) is 0 Å². The van der Waals surface area contributed by atoms with E-state index in [1.54, 1.807) is 0 Å². The van der Waals surface area contributed by atoms with Gasteiger partial charge in [-0.1, -0.05) is 6.42 Å². The third kappa shape index (κ3) is 2.44. The van der Waals surface area contributed by atoms with E-state index >= 15 is 0 Å². The number of rotatable bonds is 5. The fourth-order valence-electron chi connectivity index (χ4n) is 3.65. The molecule has 0 saturated heterocycles. The van der Waals surface area contributed by atoms with Crippen molar-refractivity contribution in [1.82, 2.24) is 5.32 Å². The number of carboxylic acids is 1. The van der Waals surface area contributed by atoms with E-state index in [1.165, 1.54) is 19.3 Å². The highest BCUT2D eigenvalue weighted by molar-refractivity contribution is 5.81. The predicted molar refractivity (Wildman–Crippen MR) is 62.2 cm³/mol. The molecule has 2 saturated carbocycles. The van der Waals surface area contributed by atoms with Crippen molar-refractivity contribution in [2.75, 3.05) is 13.1 Å². The largest absolute Gasteiger partial charge is 0.480 e. The number of aliphatic carboxylic acids is 1. The van der Waals surface area contributed by atoms with Crippen LogP contribution in [0.25, 0.3) is 0 Å². The van der Waals surface area contributed by atoms with Crippen molar-refractivity contribution in [2.45, 2.75) is 32.1 Å². The summed E-state index contributed by atoms with van der Waals surface area (Å²) >= 11 is 0. The van der Waals surface area contributed by atoms with Gasteiger partial charge in [0.05, 0.1) is 0 Å². The Morgan fingerprint density at radius 2 is 2.18 bits per heavy atom. The molecular weight excluding hydrogens is 220 g/mol. The van der Waals surface area contributed by atoms with Crippen LogP contribution in [0.5, 0.6) is 0 Å². The molecule has 0 aliphatic heterocycles. The van der Waals surface area contributed by atoms with Crippen LogP contribution in [-0.2, 0) is 9.59 Å². The quantitative estimate of drug-likeness (QED) is 0.646. The van der Waals surface area contributed by atoms with Crippen molar-refractivity contribution in [3.05, 3.63) is 0 Å². The Bertz CT molecular complexity index is 332. The molecule has 2 aliphatic rings. The number of carbonyl (C=O) groups excluding carboxylic acids is 1. The Morgan fingerprint density at radius 3 is 2.65 bits per heavy atom. The second-order valence-corrected chi connectivity index (χ2v) is 5.49. The van der Waals surface area contributed by atoms with Crippen LogP contribution in [0, 0.1) is 17.3 Å². The molecule has 2 bridgehead atoms. The standard InChI is InChI=1S/C12H20N2O3/c13-7-12(4-8-1-2-9(12)3-8)5-10(15)14-6-11(16)17/h8-9H,1-7,13H2,(H,14,15)(H,16,17). The SMILES string of the molecule is NCC1(CC(=O)NCC(=O)O)CC2CCC1C2. The molecule has 0 heterocycles. The average Bonchev–Trinajstić information content (AvgIpc) is 2.86. The molecule has 4 N–H and O–H groups in total. The average molecular weight is 240 g/mol. The van der Waals surface area contributed by atoms with Crippen molar-refractivity contribution in [1.29, 1.82) is 0 Å². The number of nitrogens with two attached hydrogens (primary N) is 1. The predicted octanol–water partition coefficient (Wildman–Crippen LogP) is 0.342. The Kier molecular flexibility index (Phi) is 3.38. The zero-order chi connectivity index (χ0) is 12.5. The van der Waals surface area contributed by atoms with Gasteiger partial charge in [0, 0.05) is 6.42 Å². The number of hydrogen-bond donors (Lipinski definition) is 3. The van der Waals surface area contributed by atoms with E-state index in [0.29, 0.717) is 18.9 Å². The maximum atomic E-state index is 11.7. The molecule has 2 aliphatic carbocycles. The molecule has 3 unspecified atom stereocenters. The van der Waals surface area contributed by atoms with Gasteiger partial charge in [-0.25, -0.2) is 0 Å². The molecule has 0 aromatic heterocycles. The number of amides is 1. The normalized spacial score (nSPS) is 34.9. The lowest BCUT2D eigenvalue weighted by molar-refractivity contribution is -0.138. The Balaban J connectivity index is 1.91. The van der Waals surface area contributed by atoms with E-state index in [2.05, 4.69) is 5.32 Å². The monoisotopic (exact) mass is 240 g/mol. The molecule has 96 valence electrons. The minimum absolute atomic E-state index is 0.0640. The topological polar surface area (TPSA) is 92.4 Å². The summed E-state index contributed by atoms with van der Waals surface area (Å²) in [6.07, 6.45) is 5.06. The highest BCUT2D eigenvalue weighted by Crippen LogP contribution is 2.57. The lowest BCUT2D eigenvalue weighted by Gasteiger charge is -2.36. The first kappa shape index (κ1) is 12.4. The van der Waals surface area contributed by atoms with Crippen LogP contribution in [0.3, 0.4) is 0 Å². The minimum Gasteiger partial charge on any atom is -0.480 e. The van der Waals surface area contributed by atoms with E-state index in [0.717, 1.165) is 12.3 Å². The molecule has 0 radical (unpaired) electrons. The first-order valence-electron chi connectivity index (χ1n) is 6.24. The highest BCUT2D eigenvalue weighted by atomic mass is 16.4. The zero-order valence-corrected chi connectivity index (χ0v) is 9.95. The Hall–Kier alpha value is -1.10. The van der Waals surface area contributed by atoms with Gasteiger partial charge in [0.2, 0.25) is 5.91 Å². The maximum Gasteiger partial charge on any atom is 0.322 e. The van der Waals surface area contributed by atoms with E-state index in [-0.39, 0.29) is 17.9 Å². The molecule has 0 spiro atoms. The summed E-state index contributed by atoms with van der Waals surface area (Å²) in [6.45, 7) is 0.238. The summed E-state index contributed by atoms with van der Waals surface area (Å²) < 4.78 is 0. The van der Waals surface area contributed by atoms with Gasteiger partial charge in [-0.2, -0.15) is 0 Å². The second kappa shape index (κ2) is 4.64. The first-order chi connectivity index (χ1) is 8.05. The van der Waals surface area contributed by atoms with Crippen molar-refractivity contribution in [3.8, 4) is 0 Å². The van der Waals surface area contributed by atoms with Gasteiger partial charge < -0.3 is 16.2 Å². The lowest BCUT2D eigenvalue weighted by Crippen LogP contribution is -2.41. The highest BCUT2D eigenvalue weighted by Gasteiger charge is 2.50. The first-order valence-corrected chi connectivity index (χ1v) is 6.24. The fourth-order valence-corrected chi connectivity index (χ4v) is 3.65. The third-order valence-corrected chi connectivity index (χ3v) is 4.46. The van der Waals surface area contributed by atoms with Crippen molar-refractivity contribution in [3.63, 3.8) is 0 Å². The van der Waals surface area contributed by atoms with E-state index < -0.39 is 5.97 Å². The molecule has 0 aromatic carbocycles. The molecule has 3 atom stereocenters. The van der Waals surface area contributed by atoms with Crippen LogP contribution in [-0.4, -0.2) is 30.1 Å². The Labute approximate surface area is 101 Å². The molecular formula is C12H20N2O3. The van der Waals surface area contributed by atoms with Crippen LogP contribution in [0.2, 0.25) is 0 Å². The van der Waals surface area contributed by atoms with Crippen LogP contribution in [0.15, 0.2) is 0 Å². The van der Waals surface area contributed by atoms with Crippen LogP contribution in [0.4, 0.5) is 0 Å². The van der Waals surface area contributed by atoms with Gasteiger partial charge >= 0.3 is 5.97 Å². The molecule has 17 heavy (non-hydrogen) atoms. The molecule has 0 aromatic rings.